The van der Waals surface area contributed by atoms with Crippen LogP contribution in [-0.2, 0) is 0 Å². The van der Waals surface area contributed by atoms with Gasteiger partial charge in [0.1, 0.15) is 0 Å². The van der Waals surface area contributed by atoms with Crippen LogP contribution in [0.4, 0.5) is 13.2 Å². The van der Waals surface area contributed by atoms with Crippen LogP contribution < -0.4 is 5.32 Å². The average Bonchev–Trinajstić information content (AvgIpc) is 2.42. The van der Waals surface area contributed by atoms with Crippen molar-refractivity contribution in [2.75, 3.05) is 26.2 Å². The Morgan fingerprint density at radius 2 is 2.12 bits per heavy atom. The molecule has 0 aliphatic carbocycles. The molecule has 0 bridgehead atoms. The molecule has 0 aromatic heterocycles. The minimum Gasteiger partial charge on any atom is -0.315 e. The van der Waals surface area contributed by atoms with Gasteiger partial charge in [0.25, 0.3) is 0 Å². The summed E-state index contributed by atoms with van der Waals surface area (Å²) in [5.74, 6) is -1.23. The van der Waals surface area contributed by atoms with E-state index < -0.39 is 12.1 Å². The summed E-state index contributed by atoms with van der Waals surface area (Å²) in [5, 5.41) is 2.87. The summed E-state index contributed by atoms with van der Waals surface area (Å²) in [7, 11) is 0. The van der Waals surface area contributed by atoms with Crippen molar-refractivity contribution in [3.63, 3.8) is 0 Å². The quantitative estimate of drug-likeness (QED) is 0.811. The Kier molecular flexibility index (Phi) is 5.05. The highest BCUT2D eigenvalue weighted by molar-refractivity contribution is 4.81. The van der Waals surface area contributed by atoms with Crippen molar-refractivity contribution in [2.45, 2.75) is 38.9 Å². The molecule has 96 valence electrons. The summed E-state index contributed by atoms with van der Waals surface area (Å²) >= 11 is 0. The van der Waals surface area contributed by atoms with Gasteiger partial charge in [0, 0.05) is 32.2 Å². The van der Waals surface area contributed by atoms with Gasteiger partial charge in [0.2, 0.25) is 0 Å². The van der Waals surface area contributed by atoms with E-state index in [0.717, 1.165) is 12.8 Å². The van der Waals surface area contributed by atoms with Gasteiger partial charge in [0.15, 0.2) is 0 Å². The number of hydrogen-bond acceptors (Lipinski definition) is 2. The molecule has 1 heterocycles. The van der Waals surface area contributed by atoms with Gasteiger partial charge >= 0.3 is 6.18 Å². The summed E-state index contributed by atoms with van der Waals surface area (Å²) < 4.78 is 38.0. The minimum absolute atomic E-state index is 0.0544. The highest BCUT2D eigenvalue weighted by Crippen LogP contribution is 2.28. The largest absolute Gasteiger partial charge is 0.394 e. The second-order valence-corrected chi connectivity index (χ2v) is 4.58. The topological polar surface area (TPSA) is 15.3 Å². The Hall–Kier alpha value is -0.290. The average molecular weight is 238 g/mol. The van der Waals surface area contributed by atoms with E-state index in [4.69, 9.17) is 0 Å². The Morgan fingerprint density at radius 1 is 1.44 bits per heavy atom. The van der Waals surface area contributed by atoms with Crippen molar-refractivity contribution in [2.24, 2.45) is 5.92 Å². The SMILES string of the molecule is CCCC(C)N1CCNCC(C(F)(F)F)C1. The Bertz CT molecular complexity index is 206. The molecule has 16 heavy (non-hydrogen) atoms. The van der Waals surface area contributed by atoms with Crippen LogP contribution in [0.1, 0.15) is 26.7 Å². The predicted octanol–water partition coefficient (Wildman–Crippen LogP) is 2.26. The first kappa shape index (κ1) is 13.8. The Labute approximate surface area is 95.2 Å². The van der Waals surface area contributed by atoms with Gasteiger partial charge < -0.3 is 5.32 Å². The fourth-order valence-electron chi connectivity index (χ4n) is 2.16. The zero-order valence-corrected chi connectivity index (χ0v) is 9.98. The molecule has 2 atom stereocenters. The fraction of sp³-hybridized carbons (Fsp3) is 1.00. The highest BCUT2D eigenvalue weighted by Gasteiger charge is 2.41. The zero-order chi connectivity index (χ0) is 12.2. The monoisotopic (exact) mass is 238 g/mol. The van der Waals surface area contributed by atoms with E-state index in [1.54, 1.807) is 0 Å². The Balaban J connectivity index is 2.58. The van der Waals surface area contributed by atoms with Gasteiger partial charge in [-0.15, -0.1) is 0 Å². The number of nitrogens with one attached hydrogen (secondary N) is 1. The van der Waals surface area contributed by atoms with Gasteiger partial charge in [0.05, 0.1) is 5.92 Å². The van der Waals surface area contributed by atoms with Gasteiger partial charge in [-0.3, -0.25) is 4.90 Å². The van der Waals surface area contributed by atoms with Crippen LogP contribution in [0.25, 0.3) is 0 Å². The normalized spacial score (nSPS) is 26.4. The van der Waals surface area contributed by atoms with Gasteiger partial charge in [-0.1, -0.05) is 13.3 Å². The molecule has 0 aromatic rings. The summed E-state index contributed by atoms with van der Waals surface area (Å²) in [6.07, 6.45) is -2.10. The van der Waals surface area contributed by atoms with Crippen LogP contribution in [0, 0.1) is 5.92 Å². The van der Waals surface area contributed by atoms with E-state index >= 15 is 0 Å². The van der Waals surface area contributed by atoms with Crippen molar-refractivity contribution >= 4 is 0 Å². The third kappa shape index (κ3) is 3.94. The first-order chi connectivity index (χ1) is 7.45. The van der Waals surface area contributed by atoms with Gasteiger partial charge in [-0.2, -0.15) is 13.2 Å². The molecule has 2 nitrogen and oxygen atoms in total. The summed E-state index contributed by atoms with van der Waals surface area (Å²) in [6, 6.07) is 0.245. The molecule has 0 radical (unpaired) electrons. The molecule has 1 aliphatic heterocycles. The lowest BCUT2D eigenvalue weighted by Crippen LogP contribution is -2.41. The van der Waals surface area contributed by atoms with Crippen molar-refractivity contribution in [1.82, 2.24) is 10.2 Å². The summed E-state index contributed by atoms with van der Waals surface area (Å²) in [6.45, 7) is 5.64. The summed E-state index contributed by atoms with van der Waals surface area (Å²) in [4.78, 5) is 1.96. The maximum Gasteiger partial charge on any atom is 0.394 e. The molecule has 2 unspecified atom stereocenters. The molecule has 1 rings (SSSR count). The van der Waals surface area contributed by atoms with Crippen LogP contribution >= 0.6 is 0 Å². The molecule has 0 aromatic carbocycles. The first-order valence-corrected chi connectivity index (χ1v) is 5.96. The third-order valence-electron chi connectivity index (χ3n) is 3.21. The lowest BCUT2D eigenvalue weighted by Gasteiger charge is -2.30. The standard InChI is InChI=1S/C11H21F3N2/c1-3-4-9(2)16-6-5-15-7-10(8-16)11(12,13)14/h9-10,15H,3-8H2,1-2H3. The van der Waals surface area contributed by atoms with E-state index in [1.807, 2.05) is 11.8 Å². The molecule has 1 saturated heterocycles. The smallest absolute Gasteiger partial charge is 0.315 e. The van der Waals surface area contributed by atoms with Crippen molar-refractivity contribution < 1.29 is 13.2 Å². The highest BCUT2D eigenvalue weighted by atomic mass is 19.4. The second-order valence-electron chi connectivity index (χ2n) is 4.58. The molecule has 5 heteroatoms. The van der Waals surface area contributed by atoms with Gasteiger partial charge in [-0.25, -0.2) is 0 Å². The van der Waals surface area contributed by atoms with Crippen LogP contribution in [0.5, 0.6) is 0 Å². The molecule has 1 N–H and O–H groups in total. The van der Waals surface area contributed by atoms with E-state index in [1.165, 1.54) is 0 Å². The third-order valence-corrected chi connectivity index (χ3v) is 3.21. The van der Waals surface area contributed by atoms with E-state index in [0.29, 0.717) is 13.1 Å². The van der Waals surface area contributed by atoms with Gasteiger partial charge in [-0.05, 0) is 13.3 Å². The zero-order valence-electron chi connectivity index (χ0n) is 9.98. The molecular formula is C11H21F3N2. The number of alkyl halides is 3. The number of nitrogens with zero attached hydrogens (tertiary/aromatic N) is 1. The van der Waals surface area contributed by atoms with E-state index in [-0.39, 0.29) is 19.1 Å². The molecular weight excluding hydrogens is 217 g/mol. The second kappa shape index (κ2) is 5.87. The summed E-state index contributed by atoms with van der Waals surface area (Å²) in [5.41, 5.74) is 0. The number of rotatable bonds is 3. The van der Waals surface area contributed by atoms with E-state index in [2.05, 4.69) is 12.2 Å². The number of hydrogen-bond donors (Lipinski definition) is 1. The van der Waals surface area contributed by atoms with E-state index in [9.17, 15) is 13.2 Å². The molecule has 0 amide bonds. The van der Waals surface area contributed by atoms with Crippen LogP contribution in [0.2, 0.25) is 0 Å². The van der Waals surface area contributed by atoms with Crippen LogP contribution in [0.15, 0.2) is 0 Å². The molecule has 1 fully saturated rings. The van der Waals surface area contributed by atoms with Crippen LogP contribution in [0.3, 0.4) is 0 Å². The molecule has 0 saturated carbocycles. The first-order valence-electron chi connectivity index (χ1n) is 5.96. The van der Waals surface area contributed by atoms with Crippen molar-refractivity contribution in [1.29, 1.82) is 0 Å². The molecule has 1 aliphatic rings. The predicted molar refractivity (Wildman–Crippen MR) is 58.4 cm³/mol. The maximum atomic E-state index is 12.7. The number of halogens is 3. The lowest BCUT2D eigenvalue weighted by molar-refractivity contribution is -0.176. The maximum absolute atomic E-state index is 12.7. The minimum atomic E-state index is -4.08. The van der Waals surface area contributed by atoms with Crippen LogP contribution in [-0.4, -0.2) is 43.3 Å². The molecule has 0 spiro atoms. The Morgan fingerprint density at radius 3 is 2.69 bits per heavy atom. The lowest BCUT2D eigenvalue weighted by atomic mass is 10.1. The fourth-order valence-corrected chi connectivity index (χ4v) is 2.16. The van der Waals surface area contributed by atoms with Crippen molar-refractivity contribution in [3.8, 4) is 0 Å². The van der Waals surface area contributed by atoms with Crippen molar-refractivity contribution in [3.05, 3.63) is 0 Å².